The van der Waals surface area contributed by atoms with E-state index in [2.05, 4.69) is 9.97 Å². The van der Waals surface area contributed by atoms with Crippen molar-refractivity contribution >= 4 is 11.5 Å². The third kappa shape index (κ3) is 7.43. The topological polar surface area (TPSA) is 52.1 Å². The second kappa shape index (κ2) is 11.7. The number of carbonyl (C=O) groups is 1. The Morgan fingerprint density at radius 1 is 1.04 bits per heavy atom. The quantitative estimate of drug-likeness (QED) is 0.393. The van der Waals surface area contributed by atoms with E-state index >= 15 is 0 Å². The highest BCUT2D eigenvalue weighted by atomic mass is 16.5. The van der Waals surface area contributed by atoms with Gasteiger partial charge >= 0.3 is 5.97 Å². The number of hydrogen-bond acceptors (Lipinski definition) is 4. The normalized spacial score (nSPS) is 11.0. The molecule has 0 radical (unpaired) electrons. The smallest absolute Gasteiger partial charge is 0.315 e. The number of esters is 1. The Balaban J connectivity index is 0.00000163. The van der Waals surface area contributed by atoms with E-state index in [9.17, 15) is 4.79 Å². The Morgan fingerprint density at radius 2 is 1.65 bits per heavy atom. The van der Waals surface area contributed by atoms with Gasteiger partial charge in [0.1, 0.15) is 5.75 Å². The molecule has 0 atom stereocenters. The Bertz CT molecular complexity index is 730. The van der Waals surface area contributed by atoms with Gasteiger partial charge < -0.3 is 4.74 Å². The van der Waals surface area contributed by atoms with Crippen molar-refractivity contribution in [2.24, 2.45) is 0 Å². The van der Waals surface area contributed by atoms with Crippen LogP contribution < -0.4 is 4.74 Å². The summed E-state index contributed by atoms with van der Waals surface area (Å²) < 4.78 is 5.29. The second-order valence-corrected chi connectivity index (χ2v) is 5.55. The van der Waals surface area contributed by atoms with Gasteiger partial charge in [0.15, 0.2) is 5.82 Å². The molecule has 138 valence electrons. The molecule has 0 fully saturated rings. The number of aromatic nitrogens is 2. The van der Waals surface area contributed by atoms with Crippen LogP contribution >= 0.6 is 0 Å². The highest BCUT2D eigenvalue weighted by molar-refractivity contribution is 5.76. The standard InChI is InChI=1S/C20H22N2O2.C2H6/c1-4-6-17(20-21-13-16(3)14-22-20)7-5-8-19(23)24-18-11-9-15(2)10-12-18;1-2/h5-7,9-14H,4,8H2,1-3H3;1-2H3/b7-5-,17-6+;. The molecule has 0 amide bonds. The first kappa shape index (κ1) is 21.3. The van der Waals surface area contributed by atoms with Crippen LogP contribution in [0.5, 0.6) is 5.75 Å². The lowest BCUT2D eigenvalue weighted by atomic mass is 10.1. The van der Waals surface area contributed by atoms with Gasteiger partial charge in [-0.25, -0.2) is 9.97 Å². The van der Waals surface area contributed by atoms with E-state index < -0.39 is 0 Å². The first-order valence-electron chi connectivity index (χ1n) is 9.01. The molecule has 0 aliphatic rings. The fourth-order valence-corrected chi connectivity index (χ4v) is 2.06. The number of nitrogens with zero attached hydrogens (tertiary/aromatic N) is 2. The lowest BCUT2D eigenvalue weighted by molar-refractivity contribution is -0.133. The maximum absolute atomic E-state index is 11.9. The fraction of sp³-hybridized carbons (Fsp3) is 0.318. The van der Waals surface area contributed by atoms with E-state index in [4.69, 9.17) is 4.74 Å². The van der Waals surface area contributed by atoms with Crippen LogP contribution in [0.4, 0.5) is 0 Å². The summed E-state index contributed by atoms with van der Waals surface area (Å²) in [4.78, 5) is 20.5. The summed E-state index contributed by atoms with van der Waals surface area (Å²) in [6.07, 6.45) is 10.3. The molecule has 4 heteroatoms. The van der Waals surface area contributed by atoms with Gasteiger partial charge in [0.2, 0.25) is 0 Å². The molecular weight excluding hydrogens is 324 g/mol. The minimum atomic E-state index is -0.296. The predicted octanol–water partition coefficient (Wildman–Crippen LogP) is 5.46. The van der Waals surface area contributed by atoms with Crippen molar-refractivity contribution in [2.45, 2.75) is 47.5 Å². The summed E-state index contributed by atoms with van der Waals surface area (Å²) in [6, 6.07) is 7.41. The highest BCUT2D eigenvalue weighted by Gasteiger charge is 2.04. The molecule has 0 aliphatic heterocycles. The van der Waals surface area contributed by atoms with E-state index in [0.717, 1.165) is 23.1 Å². The summed E-state index contributed by atoms with van der Waals surface area (Å²) in [7, 11) is 0. The SMILES string of the molecule is CC.CC/C=C(\C=C/CC(=O)Oc1ccc(C)cc1)c1ncc(C)cn1. The van der Waals surface area contributed by atoms with Gasteiger partial charge in [0.25, 0.3) is 0 Å². The Hall–Kier alpha value is -2.75. The third-order valence-electron chi connectivity index (χ3n) is 3.30. The van der Waals surface area contributed by atoms with Crippen LogP contribution in [0.1, 0.15) is 50.6 Å². The largest absolute Gasteiger partial charge is 0.426 e. The third-order valence-corrected chi connectivity index (χ3v) is 3.30. The second-order valence-electron chi connectivity index (χ2n) is 5.55. The molecule has 0 N–H and O–H groups in total. The molecule has 0 aliphatic carbocycles. The molecule has 0 saturated heterocycles. The van der Waals surface area contributed by atoms with Crippen LogP contribution in [-0.4, -0.2) is 15.9 Å². The summed E-state index contributed by atoms with van der Waals surface area (Å²) >= 11 is 0. The molecule has 2 rings (SSSR count). The van der Waals surface area contributed by atoms with Crippen LogP contribution in [0.2, 0.25) is 0 Å². The van der Waals surface area contributed by atoms with Crippen molar-refractivity contribution in [3.63, 3.8) is 0 Å². The van der Waals surface area contributed by atoms with E-state index in [1.165, 1.54) is 0 Å². The van der Waals surface area contributed by atoms with Crippen molar-refractivity contribution in [2.75, 3.05) is 0 Å². The van der Waals surface area contributed by atoms with Crippen molar-refractivity contribution in [1.82, 2.24) is 9.97 Å². The monoisotopic (exact) mass is 352 g/mol. The average Bonchev–Trinajstić information content (AvgIpc) is 2.65. The highest BCUT2D eigenvalue weighted by Crippen LogP contribution is 2.14. The number of carbonyl (C=O) groups excluding carboxylic acids is 1. The molecule has 0 unspecified atom stereocenters. The minimum Gasteiger partial charge on any atom is -0.426 e. The molecular formula is C22H28N2O2. The van der Waals surface area contributed by atoms with Gasteiger partial charge in [-0.2, -0.15) is 0 Å². The van der Waals surface area contributed by atoms with Crippen molar-refractivity contribution < 1.29 is 9.53 Å². The molecule has 26 heavy (non-hydrogen) atoms. The molecule has 0 saturated carbocycles. The van der Waals surface area contributed by atoms with Crippen molar-refractivity contribution in [3.05, 3.63) is 71.8 Å². The van der Waals surface area contributed by atoms with Crippen molar-refractivity contribution in [1.29, 1.82) is 0 Å². The molecule has 1 aromatic carbocycles. The first-order chi connectivity index (χ1) is 12.6. The van der Waals surface area contributed by atoms with Crippen LogP contribution in [0, 0.1) is 13.8 Å². The molecule has 0 bridgehead atoms. The van der Waals surface area contributed by atoms with E-state index in [0.29, 0.717) is 11.6 Å². The van der Waals surface area contributed by atoms with E-state index in [1.807, 2.05) is 58.9 Å². The fourth-order valence-electron chi connectivity index (χ4n) is 2.06. The molecule has 4 nitrogen and oxygen atoms in total. The maximum atomic E-state index is 11.9. The summed E-state index contributed by atoms with van der Waals surface area (Å²) in [6.45, 7) is 9.99. The van der Waals surface area contributed by atoms with Gasteiger partial charge in [0, 0.05) is 18.0 Å². The molecule has 1 heterocycles. The summed E-state index contributed by atoms with van der Waals surface area (Å²) in [5.74, 6) is 0.923. The van der Waals surface area contributed by atoms with Crippen molar-refractivity contribution in [3.8, 4) is 5.75 Å². The van der Waals surface area contributed by atoms with Crippen LogP contribution in [0.3, 0.4) is 0 Å². The molecule has 0 spiro atoms. The van der Waals surface area contributed by atoms with Crippen LogP contribution in [-0.2, 0) is 4.79 Å². The summed E-state index contributed by atoms with van der Waals surface area (Å²) in [5, 5.41) is 0. The zero-order chi connectivity index (χ0) is 19.4. The lowest BCUT2D eigenvalue weighted by Crippen LogP contribution is -2.06. The molecule has 2 aromatic rings. The number of ether oxygens (including phenoxy) is 1. The van der Waals surface area contributed by atoms with Gasteiger partial charge in [-0.3, -0.25) is 4.79 Å². The zero-order valence-corrected chi connectivity index (χ0v) is 16.3. The number of rotatable bonds is 6. The van der Waals surface area contributed by atoms with Gasteiger partial charge in [-0.05, 0) is 38.0 Å². The minimum absolute atomic E-state index is 0.195. The Morgan fingerprint density at radius 3 is 2.23 bits per heavy atom. The van der Waals surface area contributed by atoms with E-state index in [1.54, 1.807) is 30.6 Å². The van der Waals surface area contributed by atoms with E-state index in [-0.39, 0.29) is 12.4 Å². The number of aryl methyl sites for hydroxylation is 2. The zero-order valence-electron chi connectivity index (χ0n) is 16.3. The Labute approximate surface area is 156 Å². The van der Waals surface area contributed by atoms with Gasteiger partial charge in [0.05, 0.1) is 6.42 Å². The number of benzene rings is 1. The number of hydrogen-bond donors (Lipinski definition) is 0. The van der Waals surface area contributed by atoms with Gasteiger partial charge in [-0.15, -0.1) is 0 Å². The average molecular weight is 352 g/mol. The maximum Gasteiger partial charge on any atom is 0.315 e. The molecule has 1 aromatic heterocycles. The number of allylic oxidation sites excluding steroid dienone is 3. The first-order valence-corrected chi connectivity index (χ1v) is 9.01. The Kier molecular flexibility index (Phi) is 9.62. The van der Waals surface area contributed by atoms with Crippen LogP contribution in [0.25, 0.3) is 5.57 Å². The van der Waals surface area contributed by atoms with Crippen LogP contribution in [0.15, 0.2) is 54.9 Å². The lowest BCUT2D eigenvalue weighted by Gasteiger charge is -2.03. The predicted molar refractivity (Wildman–Crippen MR) is 107 cm³/mol. The van der Waals surface area contributed by atoms with Gasteiger partial charge in [-0.1, -0.05) is 56.7 Å². The summed E-state index contributed by atoms with van der Waals surface area (Å²) in [5.41, 5.74) is 3.04.